The number of aliphatic imine (C=N–C) groups is 1. The zero-order valence-corrected chi connectivity index (χ0v) is 7.62. The van der Waals surface area contributed by atoms with Crippen LogP contribution in [-0.2, 0) is 0 Å². The zero-order chi connectivity index (χ0) is 8.97. The van der Waals surface area contributed by atoms with Crippen LogP contribution in [-0.4, -0.2) is 18.2 Å². The van der Waals surface area contributed by atoms with Crippen LogP contribution in [0.4, 0.5) is 0 Å². The lowest BCUT2D eigenvalue weighted by Gasteiger charge is -2.22. The van der Waals surface area contributed by atoms with E-state index < -0.39 is 0 Å². The average molecular weight is 162 g/mol. The monoisotopic (exact) mass is 162 g/mol. The van der Waals surface area contributed by atoms with Crippen molar-refractivity contribution in [3.05, 3.63) is 35.8 Å². The molecular weight excluding hydrogens is 148 g/mol. The van der Waals surface area contributed by atoms with E-state index in [4.69, 9.17) is 0 Å². The van der Waals surface area contributed by atoms with Crippen molar-refractivity contribution in [1.82, 2.24) is 4.90 Å². The maximum absolute atomic E-state index is 3.91. The molecule has 0 aromatic rings. The van der Waals surface area contributed by atoms with Crippen LogP contribution in [0.5, 0.6) is 0 Å². The van der Waals surface area contributed by atoms with E-state index >= 15 is 0 Å². The minimum Gasteiger partial charge on any atom is -0.347 e. The van der Waals surface area contributed by atoms with Crippen molar-refractivity contribution in [3.8, 4) is 0 Å². The third kappa shape index (κ3) is 1.64. The van der Waals surface area contributed by atoms with E-state index in [2.05, 4.69) is 23.5 Å². The molecule has 0 atom stereocenters. The fourth-order valence-corrected chi connectivity index (χ4v) is 1.16. The molecule has 64 valence electrons. The molecule has 0 saturated heterocycles. The highest BCUT2D eigenvalue weighted by Crippen LogP contribution is 2.16. The molecule has 2 heteroatoms. The Bertz CT molecular complexity index is 259. The summed E-state index contributed by atoms with van der Waals surface area (Å²) in [4.78, 5) is 6.06. The second kappa shape index (κ2) is 3.90. The van der Waals surface area contributed by atoms with Gasteiger partial charge in [0, 0.05) is 12.7 Å². The summed E-state index contributed by atoms with van der Waals surface area (Å²) in [6, 6.07) is 0. The smallest absolute Gasteiger partial charge is 0.0621 e. The van der Waals surface area contributed by atoms with Gasteiger partial charge in [0.1, 0.15) is 0 Å². The number of allylic oxidation sites excluding steroid dienone is 4. The molecule has 0 aromatic heterocycles. The summed E-state index contributed by atoms with van der Waals surface area (Å²) < 4.78 is 0. The molecule has 0 spiro atoms. The normalized spacial score (nSPS) is 19.7. The van der Waals surface area contributed by atoms with Crippen LogP contribution in [0.25, 0.3) is 0 Å². The molecule has 0 amide bonds. The Hall–Kier alpha value is -1.31. The van der Waals surface area contributed by atoms with Gasteiger partial charge in [-0.2, -0.15) is 0 Å². The molecule has 0 saturated carbocycles. The first-order valence-electron chi connectivity index (χ1n) is 4.08. The molecule has 0 radical (unpaired) electrons. The second-order valence-corrected chi connectivity index (χ2v) is 2.62. The average Bonchev–Trinajstić information content (AvgIpc) is 2.16. The van der Waals surface area contributed by atoms with Crippen LogP contribution in [0.3, 0.4) is 0 Å². The van der Waals surface area contributed by atoms with Crippen LogP contribution in [0.1, 0.15) is 13.8 Å². The Labute approximate surface area is 73.6 Å². The lowest BCUT2D eigenvalue weighted by molar-refractivity contribution is 0.497. The number of hydrogen-bond acceptors (Lipinski definition) is 2. The molecule has 1 aliphatic rings. The first-order valence-corrected chi connectivity index (χ1v) is 4.08. The first kappa shape index (κ1) is 8.78. The highest BCUT2D eigenvalue weighted by molar-refractivity contribution is 5.36. The van der Waals surface area contributed by atoms with Crippen LogP contribution in [0.15, 0.2) is 40.8 Å². The van der Waals surface area contributed by atoms with E-state index in [1.165, 1.54) is 0 Å². The molecule has 1 heterocycles. The van der Waals surface area contributed by atoms with Gasteiger partial charge in [0.2, 0.25) is 0 Å². The van der Waals surface area contributed by atoms with Crippen LogP contribution in [0.2, 0.25) is 0 Å². The van der Waals surface area contributed by atoms with E-state index in [-0.39, 0.29) is 0 Å². The van der Waals surface area contributed by atoms with Gasteiger partial charge in [0.05, 0.1) is 11.4 Å². The summed E-state index contributed by atoms with van der Waals surface area (Å²) in [5.41, 5.74) is 2.10. The molecule has 0 fully saturated rings. The minimum atomic E-state index is 0.961. The van der Waals surface area contributed by atoms with E-state index in [0.717, 1.165) is 17.9 Å². The Kier molecular flexibility index (Phi) is 2.86. The number of nitrogens with zero attached hydrogens (tertiary/aromatic N) is 2. The predicted molar refractivity (Wildman–Crippen MR) is 52.9 cm³/mol. The number of hydrogen-bond donors (Lipinski definition) is 0. The fourth-order valence-electron chi connectivity index (χ4n) is 1.16. The molecular formula is C10H14N2. The third-order valence-corrected chi connectivity index (χ3v) is 1.89. The van der Waals surface area contributed by atoms with Crippen molar-refractivity contribution >= 4 is 6.72 Å². The standard InChI is InChI=1S/C10H14N2/c1-4-12-8-6-5-7-10(12)9(2)11-3/h5-8H,3-4H2,1-2H3/b10-9-. The largest absolute Gasteiger partial charge is 0.347 e. The molecule has 0 bridgehead atoms. The molecule has 0 N–H and O–H groups in total. The minimum absolute atomic E-state index is 0.961. The molecule has 0 aliphatic carbocycles. The molecule has 12 heavy (non-hydrogen) atoms. The van der Waals surface area contributed by atoms with Crippen molar-refractivity contribution in [3.63, 3.8) is 0 Å². The van der Waals surface area contributed by atoms with Gasteiger partial charge in [-0.05, 0) is 32.7 Å². The topological polar surface area (TPSA) is 15.6 Å². The van der Waals surface area contributed by atoms with Crippen molar-refractivity contribution < 1.29 is 0 Å². The molecule has 0 aromatic carbocycles. The Morgan fingerprint density at radius 1 is 1.58 bits per heavy atom. The van der Waals surface area contributed by atoms with E-state index in [1.807, 2.05) is 31.4 Å². The third-order valence-electron chi connectivity index (χ3n) is 1.89. The lowest BCUT2D eigenvalue weighted by atomic mass is 10.2. The lowest BCUT2D eigenvalue weighted by Crippen LogP contribution is -2.17. The summed E-state index contributed by atoms with van der Waals surface area (Å²) in [6.45, 7) is 8.55. The zero-order valence-electron chi connectivity index (χ0n) is 7.62. The summed E-state index contributed by atoms with van der Waals surface area (Å²) in [6.07, 6.45) is 8.12. The van der Waals surface area contributed by atoms with Gasteiger partial charge in [-0.1, -0.05) is 6.08 Å². The SMILES string of the molecule is C=N/C(C)=C1/C=CC=CN1CC. The molecule has 1 aliphatic heterocycles. The Morgan fingerprint density at radius 2 is 2.33 bits per heavy atom. The van der Waals surface area contributed by atoms with Gasteiger partial charge in [0.25, 0.3) is 0 Å². The van der Waals surface area contributed by atoms with Crippen LogP contribution >= 0.6 is 0 Å². The van der Waals surface area contributed by atoms with Gasteiger partial charge in [-0.25, -0.2) is 0 Å². The van der Waals surface area contributed by atoms with Gasteiger partial charge in [-0.15, -0.1) is 0 Å². The summed E-state index contributed by atoms with van der Waals surface area (Å²) in [7, 11) is 0. The summed E-state index contributed by atoms with van der Waals surface area (Å²) in [5, 5.41) is 0. The fraction of sp³-hybridized carbons (Fsp3) is 0.300. The van der Waals surface area contributed by atoms with Gasteiger partial charge in [0.15, 0.2) is 0 Å². The van der Waals surface area contributed by atoms with Crippen molar-refractivity contribution in [2.24, 2.45) is 4.99 Å². The second-order valence-electron chi connectivity index (χ2n) is 2.62. The number of rotatable bonds is 2. The Morgan fingerprint density at radius 3 is 2.92 bits per heavy atom. The highest BCUT2D eigenvalue weighted by Gasteiger charge is 2.06. The maximum atomic E-state index is 3.91. The van der Waals surface area contributed by atoms with E-state index in [9.17, 15) is 0 Å². The summed E-state index contributed by atoms with van der Waals surface area (Å²) in [5.74, 6) is 0. The molecule has 2 nitrogen and oxygen atoms in total. The van der Waals surface area contributed by atoms with Crippen molar-refractivity contribution in [2.45, 2.75) is 13.8 Å². The van der Waals surface area contributed by atoms with E-state index in [0.29, 0.717) is 0 Å². The van der Waals surface area contributed by atoms with Gasteiger partial charge >= 0.3 is 0 Å². The van der Waals surface area contributed by atoms with Crippen LogP contribution < -0.4 is 0 Å². The molecule has 0 unspecified atom stereocenters. The highest BCUT2D eigenvalue weighted by atomic mass is 15.1. The summed E-state index contributed by atoms with van der Waals surface area (Å²) >= 11 is 0. The van der Waals surface area contributed by atoms with Crippen molar-refractivity contribution in [2.75, 3.05) is 6.54 Å². The quantitative estimate of drug-likeness (QED) is 0.569. The number of likely N-dealkylation sites (N-methyl/N-ethyl adjacent to an activating group) is 1. The predicted octanol–water partition coefficient (Wildman–Crippen LogP) is 2.32. The van der Waals surface area contributed by atoms with Gasteiger partial charge in [-0.3, -0.25) is 4.99 Å². The molecule has 1 rings (SSSR count). The van der Waals surface area contributed by atoms with Crippen molar-refractivity contribution in [1.29, 1.82) is 0 Å². The van der Waals surface area contributed by atoms with Gasteiger partial charge < -0.3 is 4.90 Å². The van der Waals surface area contributed by atoms with E-state index in [1.54, 1.807) is 0 Å². The first-order chi connectivity index (χ1) is 5.79. The Balaban J connectivity index is 2.96. The van der Waals surface area contributed by atoms with Crippen LogP contribution in [0, 0.1) is 0 Å². The maximum Gasteiger partial charge on any atom is 0.0621 e.